The van der Waals surface area contributed by atoms with Gasteiger partial charge in [0.1, 0.15) is 0 Å². The molecule has 1 aliphatic rings. The van der Waals surface area contributed by atoms with Gasteiger partial charge in [0.05, 0.1) is 6.10 Å². The SMILES string of the molecule is C/C=C/C(=O)O.C=C.CC1=CC(=O)CC(C)(C)C1O. The summed E-state index contributed by atoms with van der Waals surface area (Å²) in [6.45, 7) is 13.3. The van der Waals surface area contributed by atoms with Crippen LogP contribution in [0.1, 0.15) is 34.1 Å². The number of allylic oxidation sites excluding steroid dienone is 2. The van der Waals surface area contributed by atoms with Crippen LogP contribution in [0.25, 0.3) is 0 Å². The van der Waals surface area contributed by atoms with Crippen LogP contribution in [0.15, 0.2) is 37.0 Å². The Morgan fingerprint density at radius 3 is 2.21 bits per heavy atom. The third-order valence-corrected chi connectivity index (χ3v) is 2.50. The Labute approximate surface area is 115 Å². The second-order valence-electron chi connectivity index (χ2n) is 4.76. The van der Waals surface area contributed by atoms with Crippen molar-refractivity contribution < 1.29 is 19.8 Å². The molecule has 2 N–H and O–H groups in total. The molecule has 0 bridgehead atoms. The van der Waals surface area contributed by atoms with Crippen LogP contribution < -0.4 is 0 Å². The molecule has 1 atom stereocenters. The molecule has 0 fully saturated rings. The fourth-order valence-electron chi connectivity index (χ4n) is 1.69. The van der Waals surface area contributed by atoms with Gasteiger partial charge in [-0.1, -0.05) is 19.9 Å². The van der Waals surface area contributed by atoms with E-state index in [0.29, 0.717) is 6.42 Å². The first kappa shape index (κ1) is 19.7. The molecule has 4 heteroatoms. The number of rotatable bonds is 1. The van der Waals surface area contributed by atoms with Gasteiger partial charge in [-0.15, -0.1) is 13.2 Å². The predicted octanol–water partition coefficient (Wildman–Crippen LogP) is 2.74. The number of hydrogen-bond acceptors (Lipinski definition) is 3. The Morgan fingerprint density at radius 1 is 1.47 bits per heavy atom. The van der Waals surface area contributed by atoms with E-state index in [1.807, 2.05) is 13.8 Å². The number of hydrogen-bond donors (Lipinski definition) is 2. The summed E-state index contributed by atoms with van der Waals surface area (Å²) < 4.78 is 0. The van der Waals surface area contributed by atoms with Gasteiger partial charge in [0, 0.05) is 17.9 Å². The highest BCUT2D eigenvalue weighted by molar-refractivity contribution is 5.92. The van der Waals surface area contributed by atoms with Crippen molar-refractivity contribution in [3.05, 3.63) is 37.0 Å². The van der Waals surface area contributed by atoms with Gasteiger partial charge in [-0.25, -0.2) is 4.79 Å². The van der Waals surface area contributed by atoms with Gasteiger partial charge in [0.25, 0.3) is 0 Å². The molecule has 1 unspecified atom stereocenters. The number of ketones is 1. The molecule has 0 spiro atoms. The number of aliphatic hydroxyl groups excluding tert-OH is 1. The molecular formula is C15H24O4. The van der Waals surface area contributed by atoms with Crippen LogP contribution in [0.3, 0.4) is 0 Å². The van der Waals surface area contributed by atoms with E-state index < -0.39 is 12.1 Å². The Morgan fingerprint density at radius 2 is 1.95 bits per heavy atom. The van der Waals surface area contributed by atoms with E-state index in [1.165, 1.54) is 12.2 Å². The number of carbonyl (C=O) groups excluding carboxylic acids is 1. The van der Waals surface area contributed by atoms with Crippen LogP contribution in [0, 0.1) is 5.41 Å². The molecule has 0 radical (unpaired) electrons. The quantitative estimate of drug-likeness (QED) is 0.566. The lowest BCUT2D eigenvalue weighted by Gasteiger charge is -2.33. The molecule has 0 aromatic rings. The predicted molar refractivity (Wildman–Crippen MR) is 76.9 cm³/mol. The summed E-state index contributed by atoms with van der Waals surface area (Å²) in [5, 5.41) is 17.4. The maximum Gasteiger partial charge on any atom is 0.327 e. The van der Waals surface area contributed by atoms with E-state index >= 15 is 0 Å². The molecule has 19 heavy (non-hydrogen) atoms. The average molecular weight is 268 g/mol. The molecule has 1 aliphatic carbocycles. The first-order chi connectivity index (χ1) is 8.70. The van der Waals surface area contributed by atoms with Crippen LogP contribution in [0.5, 0.6) is 0 Å². The van der Waals surface area contributed by atoms with Gasteiger partial charge in [-0.3, -0.25) is 4.79 Å². The normalized spacial score (nSPS) is 20.6. The summed E-state index contributed by atoms with van der Waals surface area (Å²) in [5.41, 5.74) is 0.502. The summed E-state index contributed by atoms with van der Waals surface area (Å²) in [6, 6.07) is 0. The van der Waals surface area contributed by atoms with Crippen LogP contribution >= 0.6 is 0 Å². The van der Waals surface area contributed by atoms with E-state index in [9.17, 15) is 14.7 Å². The molecule has 0 saturated carbocycles. The van der Waals surface area contributed by atoms with Gasteiger partial charge < -0.3 is 10.2 Å². The zero-order valence-corrected chi connectivity index (χ0v) is 12.1. The highest BCUT2D eigenvalue weighted by Gasteiger charge is 2.34. The van der Waals surface area contributed by atoms with E-state index in [1.54, 1.807) is 13.8 Å². The van der Waals surface area contributed by atoms with Crippen molar-refractivity contribution in [2.75, 3.05) is 0 Å². The summed E-state index contributed by atoms with van der Waals surface area (Å²) in [7, 11) is 0. The van der Waals surface area contributed by atoms with Crippen LogP contribution in [0.2, 0.25) is 0 Å². The Balaban J connectivity index is 0. The third-order valence-electron chi connectivity index (χ3n) is 2.50. The highest BCUT2D eigenvalue weighted by atomic mass is 16.4. The maximum absolute atomic E-state index is 11.0. The van der Waals surface area contributed by atoms with Crippen LogP contribution in [0.4, 0.5) is 0 Å². The lowest BCUT2D eigenvalue weighted by Crippen LogP contribution is -2.35. The van der Waals surface area contributed by atoms with Gasteiger partial charge in [0.2, 0.25) is 0 Å². The standard InChI is InChI=1S/C9H14O2.C4H6O2.C2H4/c1-6-4-7(10)5-9(2,3)8(6)11;1-2-3-4(5)6;1-2/h4,8,11H,5H2,1-3H3;2-3H,1H3,(H,5,6);1-2H2/b;3-2+;. The third kappa shape index (κ3) is 8.11. The van der Waals surface area contributed by atoms with Crippen molar-refractivity contribution in [3.63, 3.8) is 0 Å². The van der Waals surface area contributed by atoms with Crippen molar-refractivity contribution in [3.8, 4) is 0 Å². The minimum absolute atomic E-state index is 0.123. The lowest BCUT2D eigenvalue weighted by atomic mass is 9.75. The number of carboxylic acid groups (broad SMARTS) is 1. The molecule has 0 amide bonds. The van der Waals surface area contributed by atoms with Crippen LogP contribution in [-0.2, 0) is 9.59 Å². The molecule has 4 nitrogen and oxygen atoms in total. The number of carboxylic acids is 1. The summed E-state index contributed by atoms with van der Waals surface area (Å²) in [6.07, 6.45) is 4.09. The number of carbonyl (C=O) groups is 2. The van der Waals surface area contributed by atoms with Gasteiger partial charge >= 0.3 is 5.97 Å². The molecule has 0 saturated heterocycles. The number of aliphatic carboxylic acids is 1. The smallest absolute Gasteiger partial charge is 0.327 e. The molecular weight excluding hydrogens is 244 g/mol. The lowest BCUT2D eigenvalue weighted by molar-refractivity contribution is -0.131. The monoisotopic (exact) mass is 268 g/mol. The zero-order chi connectivity index (χ0) is 15.6. The van der Waals surface area contributed by atoms with Crippen molar-refractivity contribution in [2.45, 2.75) is 40.2 Å². The maximum atomic E-state index is 11.0. The minimum atomic E-state index is -0.891. The Bertz CT molecular complexity index is 364. The first-order valence-corrected chi connectivity index (χ1v) is 5.95. The molecule has 0 aromatic heterocycles. The summed E-state index contributed by atoms with van der Waals surface area (Å²) >= 11 is 0. The molecule has 1 rings (SSSR count). The van der Waals surface area contributed by atoms with Crippen molar-refractivity contribution in [1.82, 2.24) is 0 Å². The minimum Gasteiger partial charge on any atom is -0.478 e. The van der Waals surface area contributed by atoms with Crippen molar-refractivity contribution in [2.24, 2.45) is 5.41 Å². The van der Waals surface area contributed by atoms with E-state index in [2.05, 4.69) is 13.2 Å². The van der Waals surface area contributed by atoms with E-state index in [0.717, 1.165) is 11.6 Å². The molecule has 0 heterocycles. The fraction of sp³-hybridized carbons (Fsp3) is 0.467. The van der Waals surface area contributed by atoms with E-state index in [4.69, 9.17) is 5.11 Å². The summed E-state index contributed by atoms with van der Waals surface area (Å²) in [5.74, 6) is -0.768. The number of aliphatic hydroxyl groups is 1. The van der Waals surface area contributed by atoms with Crippen LogP contribution in [-0.4, -0.2) is 28.1 Å². The Kier molecular flexibility index (Phi) is 9.60. The van der Waals surface area contributed by atoms with Gasteiger partial charge in [0.15, 0.2) is 5.78 Å². The van der Waals surface area contributed by atoms with Crippen molar-refractivity contribution >= 4 is 11.8 Å². The molecule has 0 aromatic carbocycles. The Hall–Kier alpha value is -1.68. The topological polar surface area (TPSA) is 74.6 Å². The summed E-state index contributed by atoms with van der Waals surface area (Å²) in [4.78, 5) is 20.6. The zero-order valence-electron chi connectivity index (χ0n) is 12.1. The van der Waals surface area contributed by atoms with Crippen molar-refractivity contribution in [1.29, 1.82) is 0 Å². The second-order valence-corrected chi connectivity index (χ2v) is 4.76. The second kappa shape index (κ2) is 9.28. The van der Waals surface area contributed by atoms with Gasteiger partial charge in [-0.2, -0.15) is 0 Å². The first-order valence-electron chi connectivity index (χ1n) is 5.95. The molecule has 108 valence electrons. The molecule has 0 aliphatic heterocycles. The van der Waals surface area contributed by atoms with E-state index in [-0.39, 0.29) is 11.2 Å². The largest absolute Gasteiger partial charge is 0.478 e. The average Bonchev–Trinajstić information content (AvgIpc) is 2.28. The fourth-order valence-corrected chi connectivity index (χ4v) is 1.69. The highest BCUT2D eigenvalue weighted by Crippen LogP contribution is 2.33. The van der Waals surface area contributed by atoms with Gasteiger partial charge in [-0.05, 0) is 25.5 Å².